The number of fused-ring (bicyclic) bond motifs is 1. The van der Waals surface area contributed by atoms with Gasteiger partial charge in [0, 0.05) is 11.1 Å². The second-order valence-corrected chi connectivity index (χ2v) is 8.13. The monoisotopic (exact) mass is 478 g/mol. The van der Waals surface area contributed by atoms with Crippen molar-refractivity contribution in [2.45, 2.75) is 32.8 Å². The largest absolute Gasteiger partial charge is 0.458 e. The summed E-state index contributed by atoms with van der Waals surface area (Å²) in [4.78, 5) is 67.4. The molecule has 0 radical (unpaired) electrons. The summed E-state index contributed by atoms with van der Waals surface area (Å²) in [5.74, 6) is -5.26. The number of cyclic esters (lactones) is 4. The fourth-order valence-corrected chi connectivity index (χ4v) is 3.43. The van der Waals surface area contributed by atoms with E-state index >= 15 is 0 Å². The number of aliphatic hydroxyl groups is 1. The quantitative estimate of drug-likeness (QED) is 0.179. The van der Waals surface area contributed by atoms with Gasteiger partial charge in [0.15, 0.2) is 6.10 Å². The Bertz CT molecular complexity index is 945. The van der Waals surface area contributed by atoms with E-state index in [2.05, 4.69) is 22.6 Å². The molecule has 5 unspecified atom stereocenters. The fraction of sp³-hybridized carbons (Fsp3) is 0.478. The summed E-state index contributed by atoms with van der Waals surface area (Å²) in [5, 5.41) is 8.89. The first-order valence-electron chi connectivity index (χ1n) is 10.4. The van der Waals surface area contributed by atoms with Gasteiger partial charge in [0.1, 0.15) is 6.61 Å². The molecular formula is C23H26O11. The smallest absolute Gasteiger partial charge is 0.333 e. The zero-order chi connectivity index (χ0) is 25.6. The lowest BCUT2D eigenvalue weighted by molar-refractivity contribution is -0.156. The van der Waals surface area contributed by atoms with Crippen molar-refractivity contribution in [3.05, 3.63) is 36.5 Å². The maximum Gasteiger partial charge on any atom is 0.333 e. The molecule has 1 aliphatic carbocycles. The molecule has 0 aromatic heterocycles. The lowest BCUT2D eigenvalue weighted by atomic mass is 9.75. The molecule has 0 amide bonds. The summed E-state index contributed by atoms with van der Waals surface area (Å²) in [6, 6.07) is 0. The average Bonchev–Trinajstić information content (AvgIpc) is 3.27. The van der Waals surface area contributed by atoms with Crippen LogP contribution in [0.25, 0.3) is 0 Å². The molecule has 2 fully saturated rings. The molecule has 11 heteroatoms. The van der Waals surface area contributed by atoms with Crippen molar-refractivity contribution in [2.75, 3.05) is 13.2 Å². The first-order valence-corrected chi connectivity index (χ1v) is 10.4. The Labute approximate surface area is 195 Å². The Morgan fingerprint density at radius 2 is 1.62 bits per heavy atom. The van der Waals surface area contributed by atoms with Gasteiger partial charge >= 0.3 is 35.8 Å². The van der Waals surface area contributed by atoms with E-state index in [-0.39, 0.29) is 30.1 Å². The summed E-state index contributed by atoms with van der Waals surface area (Å²) in [6.07, 6.45) is 2.81. The average molecular weight is 478 g/mol. The second-order valence-electron chi connectivity index (χ2n) is 8.13. The van der Waals surface area contributed by atoms with Gasteiger partial charge in [-0.15, -0.1) is 0 Å². The van der Waals surface area contributed by atoms with Crippen LogP contribution in [0.3, 0.4) is 0 Å². The standard InChI is InChI=1S/C12H10O6.C11H16O5/c13-9-4-7(11(15)17-9)5-1-2-6-8(3-5)12(16)18-10(6)14;1-7(2)10(13)15-6-9(5-12)16-11(14)8(3)4/h1-2,5-8H,3-4H2;9,12H,1,3,5-6H2,2,4H3. The van der Waals surface area contributed by atoms with Crippen LogP contribution in [0.5, 0.6) is 0 Å². The highest BCUT2D eigenvalue weighted by molar-refractivity contribution is 5.98. The number of hydrogen-bond donors (Lipinski definition) is 1. The topological polar surface area (TPSA) is 160 Å². The highest BCUT2D eigenvalue weighted by atomic mass is 16.6. The van der Waals surface area contributed by atoms with Crippen LogP contribution < -0.4 is 0 Å². The van der Waals surface area contributed by atoms with E-state index < -0.39 is 66.3 Å². The highest BCUT2D eigenvalue weighted by Gasteiger charge is 2.49. The number of esters is 6. The predicted molar refractivity (Wildman–Crippen MR) is 112 cm³/mol. The first-order chi connectivity index (χ1) is 15.9. The number of aliphatic hydroxyl groups excluding tert-OH is 1. The van der Waals surface area contributed by atoms with E-state index in [1.165, 1.54) is 13.8 Å². The summed E-state index contributed by atoms with van der Waals surface area (Å²) < 4.78 is 18.6. The van der Waals surface area contributed by atoms with Gasteiger partial charge in [-0.1, -0.05) is 25.3 Å². The molecule has 1 N–H and O–H groups in total. The molecule has 5 atom stereocenters. The molecule has 2 saturated heterocycles. The molecule has 184 valence electrons. The van der Waals surface area contributed by atoms with Gasteiger partial charge < -0.3 is 24.1 Å². The zero-order valence-electron chi connectivity index (χ0n) is 18.8. The van der Waals surface area contributed by atoms with E-state index in [9.17, 15) is 28.8 Å². The van der Waals surface area contributed by atoms with Crippen LogP contribution in [0, 0.1) is 23.7 Å². The molecule has 3 aliphatic rings. The van der Waals surface area contributed by atoms with Crippen LogP contribution in [0.1, 0.15) is 26.7 Å². The van der Waals surface area contributed by atoms with Crippen molar-refractivity contribution >= 4 is 35.8 Å². The Morgan fingerprint density at radius 3 is 2.15 bits per heavy atom. The number of hydrogen-bond acceptors (Lipinski definition) is 11. The van der Waals surface area contributed by atoms with Gasteiger partial charge in [-0.25, -0.2) is 9.59 Å². The van der Waals surface area contributed by atoms with Crippen LogP contribution in [0.2, 0.25) is 0 Å². The molecule has 3 rings (SSSR count). The maximum atomic E-state index is 11.5. The third kappa shape index (κ3) is 6.70. The van der Waals surface area contributed by atoms with Crippen LogP contribution in [0.15, 0.2) is 36.5 Å². The third-order valence-corrected chi connectivity index (χ3v) is 5.30. The molecule has 0 saturated carbocycles. The zero-order valence-corrected chi connectivity index (χ0v) is 18.8. The summed E-state index contributed by atoms with van der Waals surface area (Å²) >= 11 is 0. The number of ether oxygens (including phenoxy) is 4. The number of rotatable bonds is 7. The lowest BCUT2D eigenvalue weighted by Crippen LogP contribution is -2.28. The van der Waals surface area contributed by atoms with Crippen molar-refractivity contribution in [1.82, 2.24) is 0 Å². The number of carbonyl (C=O) groups is 6. The fourth-order valence-electron chi connectivity index (χ4n) is 3.43. The van der Waals surface area contributed by atoms with E-state index in [1.807, 2.05) is 0 Å². The molecule has 2 aliphatic heterocycles. The minimum atomic E-state index is -0.882. The Kier molecular flexibility index (Phi) is 9.02. The van der Waals surface area contributed by atoms with Gasteiger partial charge in [-0.3, -0.25) is 19.2 Å². The van der Waals surface area contributed by atoms with Crippen LogP contribution in [0.4, 0.5) is 0 Å². The van der Waals surface area contributed by atoms with Gasteiger partial charge in [-0.2, -0.15) is 0 Å². The van der Waals surface area contributed by atoms with Crippen LogP contribution in [-0.4, -0.2) is 60.2 Å². The molecule has 0 bridgehead atoms. The van der Waals surface area contributed by atoms with Crippen molar-refractivity contribution in [3.63, 3.8) is 0 Å². The van der Waals surface area contributed by atoms with Crippen molar-refractivity contribution < 1.29 is 52.8 Å². The van der Waals surface area contributed by atoms with E-state index in [0.29, 0.717) is 6.42 Å². The molecule has 0 aromatic rings. The number of allylic oxidation sites excluding steroid dienone is 1. The van der Waals surface area contributed by atoms with Crippen molar-refractivity contribution in [1.29, 1.82) is 0 Å². The summed E-state index contributed by atoms with van der Waals surface area (Å²) in [5.41, 5.74) is 0.451. The Balaban J connectivity index is 0.000000243. The molecule has 0 aromatic carbocycles. The molecular weight excluding hydrogens is 452 g/mol. The molecule has 2 heterocycles. The SMILES string of the molecule is C=C(C)C(=O)OCC(CO)OC(=O)C(=C)C.O=C1CC(C2C=CC3C(=O)OC(=O)C3C2)C(=O)O1. The van der Waals surface area contributed by atoms with Crippen molar-refractivity contribution in [3.8, 4) is 0 Å². The van der Waals surface area contributed by atoms with E-state index in [4.69, 9.17) is 14.6 Å². The minimum absolute atomic E-state index is 0.0359. The highest BCUT2D eigenvalue weighted by Crippen LogP contribution is 2.40. The van der Waals surface area contributed by atoms with Crippen LogP contribution in [-0.2, 0) is 47.7 Å². The van der Waals surface area contributed by atoms with E-state index in [1.54, 1.807) is 12.2 Å². The first kappa shape index (κ1) is 26.7. The maximum absolute atomic E-state index is 11.5. The Hall–Kier alpha value is -3.60. The molecule has 34 heavy (non-hydrogen) atoms. The van der Waals surface area contributed by atoms with Crippen LogP contribution >= 0.6 is 0 Å². The Morgan fingerprint density at radius 1 is 1.00 bits per heavy atom. The van der Waals surface area contributed by atoms with Gasteiger partial charge in [0.05, 0.1) is 30.8 Å². The summed E-state index contributed by atoms with van der Waals surface area (Å²) in [7, 11) is 0. The van der Waals surface area contributed by atoms with E-state index in [0.717, 1.165) is 0 Å². The summed E-state index contributed by atoms with van der Waals surface area (Å²) in [6.45, 7) is 9.12. The van der Waals surface area contributed by atoms with Gasteiger partial charge in [-0.05, 0) is 26.2 Å². The molecule has 0 spiro atoms. The van der Waals surface area contributed by atoms with Crippen molar-refractivity contribution in [2.24, 2.45) is 23.7 Å². The molecule has 11 nitrogen and oxygen atoms in total. The normalized spacial score (nSPS) is 25.9. The second kappa shape index (κ2) is 11.5. The third-order valence-electron chi connectivity index (χ3n) is 5.30. The minimum Gasteiger partial charge on any atom is -0.458 e. The lowest BCUT2D eigenvalue weighted by Gasteiger charge is -2.24. The van der Waals surface area contributed by atoms with Gasteiger partial charge in [0.2, 0.25) is 0 Å². The van der Waals surface area contributed by atoms with Gasteiger partial charge in [0.25, 0.3) is 0 Å². The predicted octanol–water partition coefficient (Wildman–Crippen LogP) is 0.554. The number of carbonyl (C=O) groups excluding carboxylic acids is 6.